The molecule has 1 atom stereocenters. The number of nitriles is 1. The summed E-state index contributed by atoms with van der Waals surface area (Å²) < 4.78 is 0.804. The minimum atomic E-state index is -0.00382. The quantitative estimate of drug-likeness (QED) is 0.792. The summed E-state index contributed by atoms with van der Waals surface area (Å²) in [6, 6.07) is 6.17. The molecule has 0 amide bonds. The van der Waals surface area contributed by atoms with Gasteiger partial charge in [0.2, 0.25) is 0 Å². The molecular formula is C10H13ClN2S. The first kappa shape index (κ1) is 11.5. The maximum Gasteiger partial charge on any atom is 0.0975 e. The summed E-state index contributed by atoms with van der Waals surface area (Å²) in [6.07, 6.45) is 0.853. The standard InChI is InChI=1S/C10H13ClN2S/c1-3-8(6-12)13(2)7-9-4-5-10(11)14-9/h4-5,8H,3,7H2,1-2H3. The molecule has 1 aromatic heterocycles. The first-order chi connectivity index (χ1) is 6.67. The Hall–Kier alpha value is -0.560. The molecule has 1 rings (SSSR count). The maximum absolute atomic E-state index is 8.87. The molecule has 0 spiro atoms. The van der Waals surface area contributed by atoms with Crippen LogP contribution in [-0.2, 0) is 6.54 Å². The van der Waals surface area contributed by atoms with Crippen LogP contribution in [-0.4, -0.2) is 18.0 Å². The van der Waals surface area contributed by atoms with Gasteiger partial charge in [-0.1, -0.05) is 18.5 Å². The zero-order chi connectivity index (χ0) is 10.6. The molecule has 0 radical (unpaired) electrons. The number of halogens is 1. The number of hydrogen-bond donors (Lipinski definition) is 0. The highest BCUT2D eigenvalue weighted by molar-refractivity contribution is 7.16. The summed E-state index contributed by atoms with van der Waals surface area (Å²) in [5.41, 5.74) is 0. The van der Waals surface area contributed by atoms with Gasteiger partial charge in [-0.2, -0.15) is 5.26 Å². The summed E-state index contributed by atoms with van der Waals surface area (Å²) in [6.45, 7) is 2.81. The highest BCUT2D eigenvalue weighted by Gasteiger charge is 2.12. The van der Waals surface area contributed by atoms with Crippen molar-refractivity contribution >= 4 is 22.9 Å². The van der Waals surface area contributed by atoms with E-state index in [2.05, 4.69) is 6.07 Å². The largest absolute Gasteiger partial charge is 0.286 e. The predicted molar refractivity (Wildman–Crippen MR) is 60.5 cm³/mol. The normalized spacial score (nSPS) is 12.8. The van der Waals surface area contributed by atoms with Crippen molar-refractivity contribution in [1.82, 2.24) is 4.90 Å². The molecule has 2 nitrogen and oxygen atoms in total. The topological polar surface area (TPSA) is 27.0 Å². The zero-order valence-corrected chi connectivity index (χ0v) is 9.90. The SMILES string of the molecule is CCC(C#N)N(C)Cc1ccc(Cl)s1. The van der Waals surface area contributed by atoms with Crippen molar-refractivity contribution in [1.29, 1.82) is 5.26 Å². The van der Waals surface area contributed by atoms with Gasteiger partial charge in [0.15, 0.2) is 0 Å². The lowest BCUT2D eigenvalue weighted by atomic mass is 10.2. The maximum atomic E-state index is 8.87. The van der Waals surface area contributed by atoms with E-state index in [9.17, 15) is 0 Å². The van der Waals surface area contributed by atoms with E-state index in [0.717, 1.165) is 17.3 Å². The molecule has 1 unspecified atom stereocenters. The fourth-order valence-corrected chi connectivity index (χ4v) is 2.45. The molecule has 0 N–H and O–H groups in total. The molecule has 14 heavy (non-hydrogen) atoms. The molecule has 1 aromatic rings. The minimum absolute atomic E-state index is 0.00382. The third kappa shape index (κ3) is 2.98. The molecule has 0 saturated heterocycles. The molecule has 4 heteroatoms. The monoisotopic (exact) mass is 228 g/mol. The molecule has 76 valence electrons. The highest BCUT2D eigenvalue weighted by Crippen LogP contribution is 2.22. The smallest absolute Gasteiger partial charge is 0.0975 e. The van der Waals surface area contributed by atoms with Gasteiger partial charge >= 0.3 is 0 Å². The third-order valence-corrected chi connectivity index (χ3v) is 3.32. The second kappa shape index (κ2) is 5.35. The average Bonchev–Trinajstić information content (AvgIpc) is 2.53. The van der Waals surface area contributed by atoms with E-state index in [1.807, 2.05) is 31.0 Å². The first-order valence-corrected chi connectivity index (χ1v) is 5.71. The molecule has 0 aliphatic rings. The lowest BCUT2D eigenvalue weighted by molar-refractivity contribution is 0.276. The second-order valence-electron chi connectivity index (χ2n) is 3.17. The van der Waals surface area contributed by atoms with Crippen LogP contribution >= 0.6 is 22.9 Å². The van der Waals surface area contributed by atoms with Crippen LogP contribution in [0.3, 0.4) is 0 Å². The van der Waals surface area contributed by atoms with Crippen molar-refractivity contribution in [2.24, 2.45) is 0 Å². The Kier molecular flexibility index (Phi) is 4.40. The number of rotatable bonds is 4. The van der Waals surface area contributed by atoms with Crippen LogP contribution in [0.15, 0.2) is 12.1 Å². The molecule has 0 fully saturated rings. The van der Waals surface area contributed by atoms with E-state index in [4.69, 9.17) is 16.9 Å². The first-order valence-electron chi connectivity index (χ1n) is 4.51. The predicted octanol–water partition coefficient (Wildman–Crippen LogP) is 3.14. The molecule has 0 bridgehead atoms. The Morgan fingerprint density at radius 1 is 1.64 bits per heavy atom. The molecule has 1 heterocycles. The van der Waals surface area contributed by atoms with Gasteiger partial charge in [-0.15, -0.1) is 11.3 Å². The number of hydrogen-bond acceptors (Lipinski definition) is 3. The zero-order valence-electron chi connectivity index (χ0n) is 8.33. The lowest BCUT2D eigenvalue weighted by Gasteiger charge is -2.19. The molecular weight excluding hydrogens is 216 g/mol. The Morgan fingerprint density at radius 3 is 2.79 bits per heavy atom. The second-order valence-corrected chi connectivity index (χ2v) is 4.97. The number of nitrogens with zero attached hydrogens (tertiary/aromatic N) is 2. The van der Waals surface area contributed by atoms with Gasteiger partial charge in [0.05, 0.1) is 16.4 Å². The molecule has 0 aliphatic heterocycles. The van der Waals surface area contributed by atoms with Crippen LogP contribution in [0, 0.1) is 11.3 Å². The van der Waals surface area contributed by atoms with E-state index in [1.165, 1.54) is 4.88 Å². The van der Waals surface area contributed by atoms with Crippen molar-refractivity contribution < 1.29 is 0 Å². The van der Waals surface area contributed by atoms with Crippen LogP contribution in [0.25, 0.3) is 0 Å². The van der Waals surface area contributed by atoms with Crippen molar-refractivity contribution in [2.45, 2.75) is 25.9 Å². The van der Waals surface area contributed by atoms with Crippen molar-refractivity contribution in [3.05, 3.63) is 21.3 Å². The summed E-state index contributed by atoms with van der Waals surface area (Å²) >= 11 is 7.39. The van der Waals surface area contributed by atoms with E-state index >= 15 is 0 Å². The molecule has 0 aliphatic carbocycles. The van der Waals surface area contributed by atoms with E-state index in [-0.39, 0.29) is 6.04 Å². The van der Waals surface area contributed by atoms with Crippen LogP contribution in [0.1, 0.15) is 18.2 Å². The fourth-order valence-electron chi connectivity index (χ4n) is 1.29. The van der Waals surface area contributed by atoms with Gasteiger partial charge < -0.3 is 0 Å². The van der Waals surface area contributed by atoms with Gasteiger partial charge in [-0.3, -0.25) is 4.90 Å². The summed E-state index contributed by atoms with van der Waals surface area (Å²) in [5, 5.41) is 8.87. The third-order valence-electron chi connectivity index (χ3n) is 2.10. The van der Waals surface area contributed by atoms with E-state index in [0.29, 0.717) is 0 Å². The van der Waals surface area contributed by atoms with Crippen molar-refractivity contribution in [3.8, 4) is 6.07 Å². The Balaban J connectivity index is 2.56. The van der Waals surface area contributed by atoms with Gasteiger partial charge in [-0.05, 0) is 25.6 Å². The Bertz CT molecular complexity index is 329. The fraction of sp³-hybridized carbons (Fsp3) is 0.500. The number of thiophene rings is 1. The highest BCUT2D eigenvalue weighted by atomic mass is 35.5. The van der Waals surface area contributed by atoms with E-state index in [1.54, 1.807) is 11.3 Å². The lowest BCUT2D eigenvalue weighted by Crippen LogP contribution is -2.28. The minimum Gasteiger partial charge on any atom is -0.286 e. The van der Waals surface area contributed by atoms with E-state index < -0.39 is 0 Å². The van der Waals surface area contributed by atoms with Crippen LogP contribution in [0.5, 0.6) is 0 Å². The van der Waals surface area contributed by atoms with Crippen molar-refractivity contribution in [3.63, 3.8) is 0 Å². The van der Waals surface area contributed by atoms with Crippen LogP contribution in [0.4, 0.5) is 0 Å². The summed E-state index contributed by atoms with van der Waals surface area (Å²) in [7, 11) is 1.96. The van der Waals surface area contributed by atoms with Crippen LogP contribution in [0.2, 0.25) is 4.34 Å². The summed E-state index contributed by atoms with van der Waals surface area (Å²) in [4.78, 5) is 3.24. The van der Waals surface area contributed by atoms with Gasteiger partial charge in [-0.25, -0.2) is 0 Å². The Morgan fingerprint density at radius 2 is 2.36 bits per heavy atom. The Labute approximate surface area is 93.7 Å². The molecule has 0 aromatic carbocycles. The van der Waals surface area contributed by atoms with Gasteiger partial charge in [0, 0.05) is 11.4 Å². The van der Waals surface area contributed by atoms with Crippen molar-refractivity contribution in [2.75, 3.05) is 7.05 Å². The molecule has 0 saturated carbocycles. The van der Waals surface area contributed by atoms with Crippen LogP contribution < -0.4 is 0 Å². The van der Waals surface area contributed by atoms with Gasteiger partial charge in [0.1, 0.15) is 0 Å². The average molecular weight is 229 g/mol. The summed E-state index contributed by atoms with van der Waals surface area (Å²) in [5.74, 6) is 0. The van der Waals surface area contributed by atoms with Gasteiger partial charge in [0.25, 0.3) is 0 Å².